The molecule has 4 aromatic carbocycles. The number of aromatic amines is 1. The summed E-state index contributed by atoms with van der Waals surface area (Å²) in [6, 6.07) is 21.9. The largest absolute Gasteiger partial charge is 0.444 e. The zero-order valence-corrected chi connectivity index (χ0v) is 30.5. The molecule has 1 saturated heterocycles. The number of fused-ring (bicyclic) bond motifs is 3. The molecule has 10 rings (SSSR count). The van der Waals surface area contributed by atoms with Crippen molar-refractivity contribution in [2.24, 2.45) is 0 Å². The monoisotopic (exact) mass is 744 g/mol. The zero-order valence-electron chi connectivity index (χ0n) is 29.7. The molecule has 1 aliphatic carbocycles. The molecule has 3 aliphatic heterocycles. The Morgan fingerprint density at radius 1 is 1.06 bits per heavy atom. The van der Waals surface area contributed by atoms with Crippen LogP contribution in [0.5, 0.6) is 11.5 Å². The molecule has 54 heavy (non-hydrogen) atoms. The van der Waals surface area contributed by atoms with Crippen LogP contribution in [-0.4, -0.2) is 56.4 Å². The van der Waals surface area contributed by atoms with Crippen LogP contribution in [0.4, 0.5) is 10.1 Å². The van der Waals surface area contributed by atoms with Gasteiger partial charge >= 0.3 is 0 Å². The normalized spacial score (nSPS) is 21.0. The number of benzene rings is 4. The summed E-state index contributed by atoms with van der Waals surface area (Å²) in [5.74, 6) is 0.682. The number of rotatable bonds is 9. The average Bonchev–Trinajstić information content (AvgIpc) is 3.66. The Hall–Kier alpha value is -5.23. The van der Waals surface area contributed by atoms with Gasteiger partial charge in [-0.15, -0.1) is 0 Å². The van der Waals surface area contributed by atoms with Crippen LogP contribution in [0, 0.1) is 5.82 Å². The van der Waals surface area contributed by atoms with Crippen molar-refractivity contribution in [2.75, 3.05) is 25.0 Å². The third kappa shape index (κ3) is 6.00. The van der Waals surface area contributed by atoms with E-state index in [1.807, 2.05) is 54.6 Å². The molecule has 0 bridgehead atoms. The number of carbonyl (C=O) groups excluding carboxylic acids is 1. The fourth-order valence-electron chi connectivity index (χ4n) is 7.92. The maximum absolute atomic E-state index is 14.9. The number of H-pyrrole nitrogens is 1. The summed E-state index contributed by atoms with van der Waals surface area (Å²) in [5, 5.41) is 12.1. The average molecular weight is 745 g/mol. The molecule has 12 heteroatoms. The summed E-state index contributed by atoms with van der Waals surface area (Å²) in [4.78, 5) is 21.0. The summed E-state index contributed by atoms with van der Waals surface area (Å²) in [6.45, 7) is 5.36. The molecular formula is C42H38ClFN6O4. The van der Waals surface area contributed by atoms with Gasteiger partial charge in [0.2, 0.25) is 0 Å². The minimum absolute atomic E-state index is 0.143. The summed E-state index contributed by atoms with van der Waals surface area (Å²) < 4.78 is 35.6. The zero-order chi connectivity index (χ0) is 36.6. The topological polar surface area (TPSA) is 107 Å². The van der Waals surface area contributed by atoms with Gasteiger partial charge in [-0.1, -0.05) is 29.8 Å². The van der Waals surface area contributed by atoms with Gasteiger partial charge in [0, 0.05) is 65.5 Å². The molecule has 1 unspecified atom stereocenters. The fourth-order valence-corrected chi connectivity index (χ4v) is 8.08. The predicted octanol–water partition coefficient (Wildman–Crippen LogP) is 8.56. The van der Waals surface area contributed by atoms with Crippen molar-refractivity contribution >= 4 is 50.7 Å². The van der Waals surface area contributed by atoms with Crippen LogP contribution < -0.4 is 14.8 Å². The molecule has 10 nitrogen and oxygen atoms in total. The lowest BCUT2D eigenvalue weighted by Crippen LogP contribution is -2.33. The van der Waals surface area contributed by atoms with Gasteiger partial charge in [0.25, 0.3) is 11.7 Å². The van der Waals surface area contributed by atoms with Gasteiger partial charge in [0.15, 0.2) is 11.5 Å². The van der Waals surface area contributed by atoms with E-state index in [0.717, 1.165) is 76.3 Å². The van der Waals surface area contributed by atoms with Crippen molar-refractivity contribution in [1.29, 1.82) is 0 Å². The number of ether oxygens (including phenoxy) is 3. The van der Waals surface area contributed by atoms with Gasteiger partial charge in [-0.2, -0.15) is 5.10 Å². The van der Waals surface area contributed by atoms with Crippen molar-refractivity contribution < 1.29 is 23.4 Å². The number of aromatic nitrogens is 4. The summed E-state index contributed by atoms with van der Waals surface area (Å²) >= 11 is 6.01. The van der Waals surface area contributed by atoms with Crippen LogP contribution in [0.3, 0.4) is 0 Å². The van der Waals surface area contributed by atoms with E-state index in [9.17, 15) is 9.18 Å². The minimum atomic E-state index is -1.31. The first-order valence-corrected chi connectivity index (χ1v) is 18.9. The first-order valence-electron chi connectivity index (χ1n) is 18.6. The Balaban J connectivity index is 0.873. The van der Waals surface area contributed by atoms with Gasteiger partial charge in [-0.3, -0.25) is 14.8 Å². The molecule has 2 fully saturated rings. The van der Waals surface area contributed by atoms with Gasteiger partial charge in [0.1, 0.15) is 11.6 Å². The number of amides is 1. The van der Waals surface area contributed by atoms with E-state index in [1.165, 1.54) is 18.9 Å². The molecular weight excluding hydrogens is 707 g/mol. The van der Waals surface area contributed by atoms with Crippen LogP contribution in [0.15, 0.2) is 78.9 Å². The van der Waals surface area contributed by atoms with Gasteiger partial charge in [0.05, 0.1) is 41.3 Å². The number of anilines is 1. The van der Waals surface area contributed by atoms with E-state index < -0.39 is 11.6 Å². The molecule has 2 aromatic heterocycles. The number of carbonyl (C=O) groups is 1. The van der Waals surface area contributed by atoms with E-state index in [1.54, 1.807) is 19.1 Å². The van der Waals surface area contributed by atoms with E-state index in [-0.39, 0.29) is 17.6 Å². The lowest BCUT2D eigenvalue weighted by Gasteiger charge is -2.29. The Bertz CT molecular complexity index is 2500. The SMILES string of the molecule is CC1(c2ccc(Cl)cc2F)Oc2cccc(C3=CCN(Cc4nc5cc(C(=O)Nc6ccc7n[nH]c(C8CC8)c7c6)ccc5n4C[C@@H]4CCO4)CC3)c2O1. The second kappa shape index (κ2) is 13.0. The lowest BCUT2D eigenvalue weighted by atomic mass is 9.98. The maximum atomic E-state index is 14.9. The Kier molecular flexibility index (Phi) is 8.01. The van der Waals surface area contributed by atoms with E-state index in [2.05, 4.69) is 31.1 Å². The number of hydrogen-bond donors (Lipinski definition) is 2. The van der Waals surface area contributed by atoms with Crippen molar-refractivity contribution in [3.63, 3.8) is 0 Å². The highest BCUT2D eigenvalue weighted by Gasteiger charge is 2.42. The lowest BCUT2D eigenvalue weighted by molar-refractivity contribution is -0.0708. The van der Waals surface area contributed by atoms with Crippen molar-refractivity contribution in [3.8, 4) is 11.5 Å². The molecule has 274 valence electrons. The third-order valence-electron chi connectivity index (χ3n) is 11.1. The van der Waals surface area contributed by atoms with Gasteiger partial charge < -0.3 is 24.1 Å². The van der Waals surface area contributed by atoms with E-state index >= 15 is 0 Å². The number of para-hydroxylation sites is 1. The van der Waals surface area contributed by atoms with Crippen LogP contribution >= 0.6 is 11.6 Å². The molecule has 6 aromatic rings. The highest BCUT2D eigenvalue weighted by molar-refractivity contribution is 6.30. The van der Waals surface area contributed by atoms with Crippen LogP contribution in [0.1, 0.15) is 71.5 Å². The number of imidazole rings is 1. The molecule has 1 saturated carbocycles. The molecule has 1 amide bonds. The fraction of sp³-hybridized carbons (Fsp3) is 0.310. The highest BCUT2D eigenvalue weighted by atomic mass is 35.5. The number of hydrogen-bond acceptors (Lipinski definition) is 7. The second-order valence-corrected chi connectivity index (χ2v) is 15.3. The maximum Gasteiger partial charge on any atom is 0.278 e. The summed E-state index contributed by atoms with van der Waals surface area (Å²) in [5.41, 5.74) is 7.50. The third-order valence-corrected chi connectivity index (χ3v) is 11.3. The smallest absolute Gasteiger partial charge is 0.278 e. The summed E-state index contributed by atoms with van der Waals surface area (Å²) in [6.07, 6.45) is 6.50. The van der Waals surface area contributed by atoms with Gasteiger partial charge in [-0.25, -0.2) is 9.37 Å². The van der Waals surface area contributed by atoms with Crippen LogP contribution in [0.25, 0.3) is 27.5 Å². The second-order valence-electron chi connectivity index (χ2n) is 14.8. The number of nitrogens with zero attached hydrogens (tertiary/aromatic N) is 4. The Morgan fingerprint density at radius 2 is 1.94 bits per heavy atom. The predicted molar refractivity (Wildman–Crippen MR) is 204 cm³/mol. The first kappa shape index (κ1) is 33.3. The quantitative estimate of drug-likeness (QED) is 0.153. The standard InChI is InChI=1S/C42H38ClFN6O4/c1-42(32-10-8-27(43)20-33(32)44)53-37-4-2-3-30(40(37)54-42)24-13-16-49(17-14-24)23-38-46-35-19-26(7-12-36(35)50(38)22-29-15-18-52-29)41(51)45-28-9-11-34-31(21-28)39(48-47-34)25-5-6-25/h2-4,7-13,19-21,25,29H,5-6,14-18,22-23H2,1H3,(H,45,51)(H,47,48)/t29-,42?/m0/s1. The van der Waals surface area contributed by atoms with E-state index in [0.29, 0.717) is 47.6 Å². The highest BCUT2D eigenvalue weighted by Crippen LogP contribution is 2.49. The first-order chi connectivity index (χ1) is 26.3. The van der Waals surface area contributed by atoms with Crippen molar-refractivity contribution in [3.05, 3.63) is 118 Å². The molecule has 0 radical (unpaired) electrons. The molecule has 5 heterocycles. The summed E-state index contributed by atoms with van der Waals surface area (Å²) in [7, 11) is 0. The van der Waals surface area contributed by atoms with Crippen molar-refractivity contribution in [2.45, 2.75) is 63.5 Å². The number of nitrogens with one attached hydrogen (secondary N) is 2. The minimum Gasteiger partial charge on any atom is -0.444 e. The molecule has 4 aliphatic rings. The Labute approximate surface area is 315 Å². The van der Waals surface area contributed by atoms with Crippen molar-refractivity contribution in [1.82, 2.24) is 24.6 Å². The molecule has 0 spiro atoms. The molecule has 2 N–H and O–H groups in total. The van der Waals surface area contributed by atoms with Gasteiger partial charge in [-0.05, 0) is 91.9 Å². The van der Waals surface area contributed by atoms with Crippen LogP contribution in [-0.2, 0) is 23.6 Å². The van der Waals surface area contributed by atoms with Crippen LogP contribution in [0.2, 0.25) is 5.02 Å². The van der Waals surface area contributed by atoms with E-state index in [4.69, 9.17) is 30.8 Å². The Morgan fingerprint density at radius 3 is 2.72 bits per heavy atom. The molecule has 2 atom stereocenters. The number of halogens is 2.